The standard InChI is InChI=1S/C8H12N2O2/c1-3-6-10-8(12)5-4-7(11)9-2/h1H,4-6H2,2H3,(H,9,11)(H,10,12). The molecule has 0 fully saturated rings. The van der Waals surface area contributed by atoms with Gasteiger partial charge >= 0.3 is 0 Å². The molecule has 4 nitrogen and oxygen atoms in total. The molecule has 0 radical (unpaired) electrons. The third-order valence-corrected chi connectivity index (χ3v) is 1.25. The summed E-state index contributed by atoms with van der Waals surface area (Å²) in [5.41, 5.74) is 0. The van der Waals surface area contributed by atoms with Gasteiger partial charge < -0.3 is 10.6 Å². The van der Waals surface area contributed by atoms with Crippen molar-refractivity contribution < 1.29 is 9.59 Å². The lowest BCUT2D eigenvalue weighted by Gasteiger charge is -1.99. The van der Waals surface area contributed by atoms with Gasteiger partial charge in [0.25, 0.3) is 0 Å². The Morgan fingerprint density at radius 3 is 2.42 bits per heavy atom. The molecule has 0 aliphatic carbocycles. The number of rotatable bonds is 4. The van der Waals surface area contributed by atoms with Crippen molar-refractivity contribution in [1.82, 2.24) is 10.6 Å². The number of carbonyl (C=O) groups is 2. The third-order valence-electron chi connectivity index (χ3n) is 1.25. The first-order valence-electron chi connectivity index (χ1n) is 3.61. The number of nitrogens with one attached hydrogen (secondary N) is 2. The summed E-state index contributed by atoms with van der Waals surface area (Å²) in [6.45, 7) is 0.215. The van der Waals surface area contributed by atoms with Crippen LogP contribution < -0.4 is 10.6 Å². The molecule has 0 atom stereocenters. The van der Waals surface area contributed by atoms with Crippen LogP contribution in [-0.2, 0) is 9.59 Å². The molecule has 2 amide bonds. The van der Waals surface area contributed by atoms with Crippen LogP contribution in [0.4, 0.5) is 0 Å². The van der Waals surface area contributed by atoms with Crippen LogP contribution in [0.2, 0.25) is 0 Å². The summed E-state index contributed by atoms with van der Waals surface area (Å²) in [5.74, 6) is 1.92. The first-order chi connectivity index (χ1) is 5.70. The fourth-order valence-corrected chi connectivity index (χ4v) is 0.590. The SMILES string of the molecule is C#CCNC(=O)CCC(=O)NC. The minimum absolute atomic E-state index is 0.147. The maximum absolute atomic E-state index is 10.8. The molecule has 66 valence electrons. The van der Waals surface area contributed by atoms with E-state index in [4.69, 9.17) is 6.42 Å². The van der Waals surface area contributed by atoms with E-state index < -0.39 is 0 Å². The van der Waals surface area contributed by atoms with Crippen LogP contribution in [0.15, 0.2) is 0 Å². The Morgan fingerprint density at radius 1 is 1.33 bits per heavy atom. The summed E-state index contributed by atoms with van der Waals surface area (Å²) in [5, 5.41) is 4.87. The molecule has 0 aromatic rings. The summed E-state index contributed by atoms with van der Waals surface area (Å²) in [6, 6.07) is 0. The molecule has 0 aromatic carbocycles. The van der Waals surface area contributed by atoms with Crippen LogP contribution in [0.25, 0.3) is 0 Å². The van der Waals surface area contributed by atoms with Gasteiger partial charge in [-0.2, -0.15) is 0 Å². The average Bonchev–Trinajstić information content (AvgIpc) is 2.10. The molecular weight excluding hydrogens is 156 g/mol. The second-order valence-electron chi connectivity index (χ2n) is 2.15. The number of amides is 2. The van der Waals surface area contributed by atoms with E-state index >= 15 is 0 Å². The Balaban J connectivity index is 3.45. The minimum Gasteiger partial charge on any atom is -0.359 e. The first kappa shape index (κ1) is 10.5. The molecule has 0 aliphatic rings. The largest absolute Gasteiger partial charge is 0.359 e. The van der Waals surface area contributed by atoms with Gasteiger partial charge in [0.2, 0.25) is 11.8 Å². The molecular formula is C8H12N2O2. The molecule has 4 heteroatoms. The van der Waals surface area contributed by atoms with E-state index in [0.29, 0.717) is 0 Å². The molecule has 0 aromatic heterocycles. The summed E-state index contributed by atoms with van der Waals surface area (Å²) in [4.78, 5) is 21.5. The molecule has 0 unspecified atom stereocenters. The van der Waals surface area contributed by atoms with Gasteiger partial charge in [-0.1, -0.05) is 5.92 Å². The smallest absolute Gasteiger partial charge is 0.221 e. The van der Waals surface area contributed by atoms with E-state index in [0.717, 1.165) is 0 Å². The molecule has 0 saturated carbocycles. The van der Waals surface area contributed by atoms with Gasteiger partial charge in [0.1, 0.15) is 0 Å². The zero-order chi connectivity index (χ0) is 9.40. The van der Waals surface area contributed by atoms with Gasteiger partial charge in [0, 0.05) is 19.9 Å². The fourth-order valence-electron chi connectivity index (χ4n) is 0.590. The van der Waals surface area contributed by atoms with Crippen LogP contribution in [-0.4, -0.2) is 25.4 Å². The highest BCUT2D eigenvalue weighted by molar-refractivity contribution is 5.83. The zero-order valence-electron chi connectivity index (χ0n) is 7.02. The van der Waals surface area contributed by atoms with Gasteiger partial charge in [-0.15, -0.1) is 6.42 Å². The number of terminal acetylenes is 1. The van der Waals surface area contributed by atoms with Crippen molar-refractivity contribution in [2.75, 3.05) is 13.6 Å². The molecule has 2 N–H and O–H groups in total. The van der Waals surface area contributed by atoms with Gasteiger partial charge in [0.15, 0.2) is 0 Å². The average molecular weight is 168 g/mol. The summed E-state index contributed by atoms with van der Waals surface area (Å²) in [7, 11) is 1.53. The van der Waals surface area contributed by atoms with Gasteiger partial charge in [-0.05, 0) is 0 Å². The Hall–Kier alpha value is -1.50. The summed E-state index contributed by atoms with van der Waals surface area (Å²) < 4.78 is 0. The molecule has 0 heterocycles. The maximum Gasteiger partial charge on any atom is 0.221 e. The number of carbonyl (C=O) groups excluding carboxylic acids is 2. The summed E-state index contributed by atoms with van der Waals surface area (Å²) in [6.07, 6.45) is 5.30. The molecule has 0 bridgehead atoms. The topological polar surface area (TPSA) is 58.2 Å². The van der Waals surface area contributed by atoms with E-state index in [2.05, 4.69) is 16.6 Å². The number of hydrogen-bond donors (Lipinski definition) is 2. The van der Waals surface area contributed by atoms with Crippen molar-refractivity contribution in [3.8, 4) is 12.3 Å². The van der Waals surface area contributed by atoms with Gasteiger partial charge in [-0.25, -0.2) is 0 Å². The third kappa shape index (κ3) is 5.30. The van der Waals surface area contributed by atoms with Crippen LogP contribution in [0.5, 0.6) is 0 Å². The van der Waals surface area contributed by atoms with Gasteiger partial charge in [0.05, 0.1) is 6.54 Å². The Bertz CT molecular complexity index is 206. The van der Waals surface area contributed by atoms with E-state index in [1.807, 2.05) is 0 Å². The van der Waals surface area contributed by atoms with Crippen molar-refractivity contribution in [1.29, 1.82) is 0 Å². The molecule has 0 saturated heterocycles. The Kier molecular flexibility index (Phi) is 5.45. The minimum atomic E-state index is -0.198. The predicted molar refractivity (Wildman–Crippen MR) is 45.1 cm³/mol. The van der Waals surface area contributed by atoms with Crippen molar-refractivity contribution in [3.05, 3.63) is 0 Å². The molecule has 0 spiro atoms. The van der Waals surface area contributed by atoms with Crippen LogP contribution in [0, 0.1) is 12.3 Å². The Morgan fingerprint density at radius 2 is 1.92 bits per heavy atom. The van der Waals surface area contributed by atoms with Crippen LogP contribution >= 0.6 is 0 Å². The molecule has 12 heavy (non-hydrogen) atoms. The molecule has 0 rings (SSSR count). The van der Waals surface area contributed by atoms with Crippen LogP contribution in [0.3, 0.4) is 0 Å². The highest BCUT2D eigenvalue weighted by Crippen LogP contribution is 1.87. The van der Waals surface area contributed by atoms with E-state index in [1.165, 1.54) is 7.05 Å². The van der Waals surface area contributed by atoms with E-state index in [1.54, 1.807) is 0 Å². The highest BCUT2D eigenvalue weighted by Gasteiger charge is 2.03. The van der Waals surface area contributed by atoms with Gasteiger partial charge in [-0.3, -0.25) is 9.59 Å². The zero-order valence-corrected chi connectivity index (χ0v) is 7.02. The Labute approximate surface area is 71.7 Å². The van der Waals surface area contributed by atoms with Crippen LogP contribution in [0.1, 0.15) is 12.8 Å². The number of hydrogen-bond acceptors (Lipinski definition) is 2. The second-order valence-corrected chi connectivity index (χ2v) is 2.15. The quantitative estimate of drug-likeness (QED) is 0.543. The van der Waals surface area contributed by atoms with E-state index in [-0.39, 0.29) is 31.2 Å². The lowest BCUT2D eigenvalue weighted by Crippen LogP contribution is -2.26. The molecule has 0 aliphatic heterocycles. The summed E-state index contributed by atoms with van der Waals surface area (Å²) >= 11 is 0. The fraction of sp³-hybridized carbons (Fsp3) is 0.500. The van der Waals surface area contributed by atoms with Crippen molar-refractivity contribution >= 4 is 11.8 Å². The lowest BCUT2D eigenvalue weighted by molar-refractivity contribution is -0.126. The van der Waals surface area contributed by atoms with E-state index in [9.17, 15) is 9.59 Å². The van der Waals surface area contributed by atoms with Crippen molar-refractivity contribution in [3.63, 3.8) is 0 Å². The van der Waals surface area contributed by atoms with Crippen molar-refractivity contribution in [2.24, 2.45) is 0 Å². The predicted octanol–water partition coefficient (Wildman–Crippen LogP) is -0.738. The maximum atomic E-state index is 10.8. The normalized spacial score (nSPS) is 8.33. The first-order valence-corrected chi connectivity index (χ1v) is 3.61. The lowest BCUT2D eigenvalue weighted by atomic mass is 10.3. The monoisotopic (exact) mass is 168 g/mol. The second kappa shape index (κ2) is 6.23. The van der Waals surface area contributed by atoms with Crippen molar-refractivity contribution in [2.45, 2.75) is 12.8 Å². The highest BCUT2D eigenvalue weighted by atomic mass is 16.2.